The van der Waals surface area contributed by atoms with Crippen molar-refractivity contribution in [3.63, 3.8) is 0 Å². The van der Waals surface area contributed by atoms with Crippen molar-refractivity contribution < 1.29 is 0 Å². The second-order valence-corrected chi connectivity index (χ2v) is 9.71. The van der Waals surface area contributed by atoms with Crippen molar-refractivity contribution in [1.82, 2.24) is 19.4 Å². The number of hydrogen-bond donors (Lipinski definition) is 1. The molecule has 0 spiro atoms. The molecule has 1 N–H and O–H groups in total. The molecule has 5 nitrogen and oxygen atoms in total. The minimum absolute atomic E-state index is 0.0280. The minimum atomic E-state index is -0.0280. The number of rotatable bonds is 7. The van der Waals surface area contributed by atoms with Crippen molar-refractivity contribution in [3.05, 3.63) is 104 Å². The zero-order valence-electron chi connectivity index (χ0n) is 19.0. The Morgan fingerprint density at radius 1 is 0.765 bits per heavy atom. The van der Waals surface area contributed by atoms with Gasteiger partial charge in [-0.1, -0.05) is 59.6 Å². The molecule has 0 aliphatic carbocycles. The van der Waals surface area contributed by atoms with E-state index in [0.29, 0.717) is 0 Å². The first-order chi connectivity index (χ1) is 16.6. The largest absolute Gasteiger partial charge is 0.326 e. The quantitative estimate of drug-likeness (QED) is 0.372. The summed E-state index contributed by atoms with van der Waals surface area (Å²) in [6.45, 7) is 5.65. The highest BCUT2D eigenvalue weighted by atomic mass is 35.5. The zero-order valence-corrected chi connectivity index (χ0v) is 20.5. The summed E-state index contributed by atoms with van der Waals surface area (Å²) in [7, 11) is 0. The van der Waals surface area contributed by atoms with Crippen LogP contribution in [0.25, 0.3) is 11.0 Å². The first-order valence-corrected chi connectivity index (χ1v) is 12.5. The van der Waals surface area contributed by atoms with Crippen molar-refractivity contribution in [1.29, 1.82) is 0 Å². The highest BCUT2D eigenvalue weighted by Crippen LogP contribution is 2.31. The summed E-state index contributed by atoms with van der Waals surface area (Å²) >= 11 is 12.3. The van der Waals surface area contributed by atoms with Gasteiger partial charge in [0.2, 0.25) is 0 Å². The number of fused-ring (bicyclic) bond motifs is 1. The number of para-hydroxylation sites is 2. The molecule has 1 aromatic heterocycles. The lowest BCUT2D eigenvalue weighted by molar-refractivity contribution is 0.108. The van der Waals surface area contributed by atoms with E-state index < -0.39 is 0 Å². The lowest BCUT2D eigenvalue weighted by Gasteiger charge is -2.40. The van der Waals surface area contributed by atoms with Crippen LogP contribution < -0.4 is 5.69 Å². The van der Waals surface area contributed by atoms with Crippen LogP contribution in [0.4, 0.5) is 0 Å². The number of nitrogens with zero attached hydrogens (tertiary/aromatic N) is 3. The smallest absolute Gasteiger partial charge is 0.306 e. The van der Waals surface area contributed by atoms with E-state index in [1.165, 1.54) is 11.1 Å². The minimum Gasteiger partial charge on any atom is -0.306 e. The number of aromatic amines is 1. The van der Waals surface area contributed by atoms with Gasteiger partial charge in [-0.05, 0) is 60.5 Å². The second-order valence-electron chi connectivity index (χ2n) is 8.84. The summed E-state index contributed by atoms with van der Waals surface area (Å²) in [5.41, 5.74) is 4.32. The van der Waals surface area contributed by atoms with E-state index in [2.05, 4.69) is 39.0 Å². The molecule has 0 saturated carbocycles. The number of aryl methyl sites for hydroxylation is 1. The predicted octanol–water partition coefficient (Wildman–Crippen LogP) is 5.43. The fourth-order valence-corrected chi connectivity index (χ4v) is 5.18. The molecule has 0 unspecified atom stereocenters. The number of nitrogens with one attached hydrogen (secondary N) is 1. The summed E-state index contributed by atoms with van der Waals surface area (Å²) in [6.07, 6.45) is 0.944. The maximum atomic E-state index is 12.3. The van der Waals surface area contributed by atoms with Crippen LogP contribution in [0.5, 0.6) is 0 Å². The Bertz CT molecular complexity index is 1240. The maximum Gasteiger partial charge on any atom is 0.326 e. The number of H-pyrrole nitrogens is 1. The van der Waals surface area contributed by atoms with Gasteiger partial charge in [-0.3, -0.25) is 9.47 Å². The average molecular weight is 495 g/mol. The van der Waals surface area contributed by atoms with Crippen LogP contribution in [0.3, 0.4) is 0 Å². The van der Waals surface area contributed by atoms with Crippen molar-refractivity contribution >= 4 is 34.2 Å². The van der Waals surface area contributed by atoms with Gasteiger partial charge in [0, 0.05) is 42.8 Å². The van der Waals surface area contributed by atoms with Gasteiger partial charge >= 0.3 is 5.69 Å². The summed E-state index contributed by atoms with van der Waals surface area (Å²) in [5.74, 6) is 0. The van der Waals surface area contributed by atoms with Gasteiger partial charge in [0.05, 0.1) is 17.1 Å². The lowest BCUT2D eigenvalue weighted by Crippen LogP contribution is -2.48. The first-order valence-electron chi connectivity index (χ1n) is 11.7. The second kappa shape index (κ2) is 10.4. The molecule has 1 aliphatic rings. The highest BCUT2D eigenvalue weighted by Gasteiger charge is 2.26. The van der Waals surface area contributed by atoms with Crippen LogP contribution in [-0.4, -0.2) is 52.1 Å². The van der Waals surface area contributed by atoms with Crippen LogP contribution in [0.2, 0.25) is 10.0 Å². The molecule has 176 valence electrons. The molecular weight excluding hydrogens is 467 g/mol. The van der Waals surface area contributed by atoms with Gasteiger partial charge in [-0.25, -0.2) is 4.79 Å². The molecule has 1 aliphatic heterocycles. The van der Waals surface area contributed by atoms with Gasteiger partial charge in [0.15, 0.2) is 0 Å². The van der Waals surface area contributed by atoms with E-state index in [1.54, 1.807) is 0 Å². The highest BCUT2D eigenvalue weighted by molar-refractivity contribution is 6.30. The molecule has 2 heterocycles. The number of imidazole rings is 1. The lowest BCUT2D eigenvalue weighted by atomic mass is 9.96. The topological polar surface area (TPSA) is 44.3 Å². The summed E-state index contributed by atoms with van der Waals surface area (Å²) in [5, 5.41) is 1.50. The van der Waals surface area contributed by atoms with E-state index in [9.17, 15) is 4.79 Å². The molecule has 4 aromatic rings. The Balaban J connectivity index is 1.22. The molecule has 1 fully saturated rings. The normalized spacial score (nSPS) is 15.4. The van der Waals surface area contributed by atoms with Gasteiger partial charge < -0.3 is 9.88 Å². The number of hydrogen-bond acceptors (Lipinski definition) is 3. The van der Waals surface area contributed by atoms with Crippen molar-refractivity contribution in [2.24, 2.45) is 0 Å². The van der Waals surface area contributed by atoms with Gasteiger partial charge in [-0.2, -0.15) is 0 Å². The van der Waals surface area contributed by atoms with Crippen LogP contribution in [0.15, 0.2) is 77.6 Å². The van der Waals surface area contributed by atoms with Crippen molar-refractivity contribution in [2.45, 2.75) is 19.0 Å². The Hall–Kier alpha value is -2.57. The molecule has 3 aromatic carbocycles. The third-order valence-corrected chi connectivity index (χ3v) is 7.19. The fourth-order valence-electron chi connectivity index (χ4n) is 4.93. The standard InChI is InChI=1S/C27H28Cl2N4O/c28-22-10-6-20(7-11-22)26(21-8-12-23(29)13-9-21)32-18-16-31(17-19-32)14-3-15-33-25-5-2-1-4-24(25)30-27(33)34/h1-2,4-13,26H,3,14-19H2,(H,30,34). The van der Waals surface area contributed by atoms with Crippen LogP contribution >= 0.6 is 23.2 Å². The van der Waals surface area contributed by atoms with E-state index in [1.807, 2.05) is 53.1 Å². The number of halogens is 2. The molecule has 1 saturated heterocycles. The molecule has 34 heavy (non-hydrogen) atoms. The summed E-state index contributed by atoms with van der Waals surface area (Å²) < 4.78 is 1.85. The monoisotopic (exact) mass is 494 g/mol. The Morgan fingerprint density at radius 2 is 1.35 bits per heavy atom. The molecule has 0 atom stereocenters. The fraction of sp³-hybridized carbons (Fsp3) is 0.296. The molecule has 5 rings (SSSR count). The molecule has 7 heteroatoms. The van der Waals surface area contributed by atoms with Crippen LogP contribution in [0, 0.1) is 0 Å². The maximum absolute atomic E-state index is 12.3. The summed E-state index contributed by atoms with van der Waals surface area (Å²) in [6, 6.07) is 24.4. The SMILES string of the molecule is O=c1[nH]c2ccccc2n1CCCN1CCN(C(c2ccc(Cl)cc2)c2ccc(Cl)cc2)CC1. The Labute approximate surface area is 209 Å². The van der Waals surface area contributed by atoms with E-state index >= 15 is 0 Å². The van der Waals surface area contributed by atoms with Gasteiger partial charge in [0.1, 0.15) is 0 Å². The third kappa shape index (κ3) is 5.08. The summed E-state index contributed by atoms with van der Waals surface area (Å²) in [4.78, 5) is 20.3. The van der Waals surface area contributed by atoms with E-state index in [0.717, 1.165) is 66.8 Å². The Kier molecular flexibility index (Phi) is 7.07. The third-order valence-electron chi connectivity index (χ3n) is 6.68. The average Bonchev–Trinajstić information content (AvgIpc) is 3.17. The molecular formula is C27H28Cl2N4O. The van der Waals surface area contributed by atoms with Crippen molar-refractivity contribution in [3.8, 4) is 0 Å². The van der Waals surface area contributed by atoms with Gasteiger partial charge in [-0.15, -0.1) is 0 Å². The van der Waals surface area contributed by atoms with Gasteiger partial charge in [0.25, 0.3) is 0 Å². The molecule has 0 amide bonds. The predicted molar refractivity (Wildman–Crippen MR) is 140 cm³/mol. The zero-order chi connectivity index (χ0) is 23.5. The first kappa shape index (κ1) is 23.2. The van der Waals surface area contributed by atoms with E-state index in [-0.39, 0.29) is 11.7 Å². The van der Waals surface area contributed by atoms with Crippen LogP contribution in [-0.2, 0) is 6.54 Å². The molecule has 0 radical (unpaired) electrons. The Morgan fingerprint density at radius 3 is 1.97 bits per heavy atom. The molecule has 0 bridgehead atoms. The van der Waals surface area contributed by atoms with E-state index in [4.69, 9.17) is 23.2 Å². The number of benzene rings is 3. The van der Waals surface area contributed by atoms with Crippen molar-refractivity contribution in [2.75, 3.05) is 32.7 Å². The number of aromatic nitrogens is 2. The van der Waals surface area contributed by atoms with Crippen LogP contribution in [0.1, 0.15) is 23.6 Å². The number of piperazine rings is 1.